The standard InChI is InChI=1S/C25H19N3O2S3/c1-14(29)28-9-8-16-23(12-28)32-22(24(16)25-27-18-4-2-3-5-20(18)33-25)11-19(30)15-6-7-17-21(10-15)31-13-26-17/h2-7,10,13H,8-9,11-12H2,1H3. The number of amides is 1. The molecule has 0 spiro atoms. The number of rotatable bonds is 4. The van der Waals surface area contributed by atoms with Gasteiger partial charge in [-0.05, 0) is 42.3 Å². The lowest BCUT2D eigenvalue weighted by atomic mass is 9.99. The van der Waals surface area contributed by atoms with E-state index in [9.17, 15) is 9.59 Å². The SMILES string of the molecule is CC(=O)N1CCc2c(sc(CC(=O)c3ccc4ncsc4c3)c2-c2nc3ccccc3s2)C1. The van der Waals surface area contributed by atoms with Gasteiger partial charge in [-0.1, -0.05) is 12.1 Å². The number of nitrogens with zero attached hydrogens (tertiary/aromatic N) is 3. The Morgan fingerprint density at radius 1 is 1.06 bits per heavy atom. The molecule has 1 amide bonds. The molecule has 164 valence electrons. The second kappa shape index (κ2) is 8.13. The number of carbonyl (C=O) groups excluding carboxylic acids is 2. The Kier molecular flexibility index (Phi) is 5.09. The molecule has 0 saturated carbocycles. The number of para-hydroxylation sites is 1. The molecule has 0 aliphatic carbocycles. The number of thiophene rings is 1. The monoisotopic (exact) mass is 489 g/mol. The van der Waals surface area contributed by atoms with E-state index < -0.39 is 0 Å². The second-order valence-electron chi connectivity index (χ2n) is 8.11. The first kappa shape index (κ1) is 20.7. The maximum Gasteiger partial charge on any atom is 0.219 e. The molecule has 4 heterocycles. The first-order chi connectivity index (χ1) is 16.1. The Labute approximate surface area is 202 Å². The van der Waals surface area contributed by atoms with E-state index in [1.165, 1.54) is 10.4 Å². The van der Waals surface area contributed by atoms with Crippen molar-refractivity contribution in [2.24, 2.45) is 0 Å². The topological polar surface area (TPSA) is 63.2 Å². The summed E-state index contributed by atoms with van der Waals surface area (Å²) in [5.74, 6) is 0.181. The number of hydrogen-bond donors (Lipinski definition) is 0. The molecular weight excluding hydrogens is 470 g/mol. The lowest BCUT2D eigenvalue weighted by molar-refractivity contribution is -0.129. The van der Waals surface area contributed by atoms with E-state index in [4.69, 9.17) is 4.98 Å². The summed E-state index contributed by atoms with van der Waals surface area (Å²) in [6.45, 7) is 2.92. The van der Waals surface area contributed by atoms with Crippen molar-refractivity contribution in [2.75, 3.05) is 6.54 Å². The molecule has 5 nitrogen and oxygen atoms in total. The third-order valence-electron chi connectivity index (χ3n) is 6.06. The van der Waals surface area contributed by atoms with Crippen LogP contribution in [0.3, 0.4) is 0 Å². The summed E-state index contributed by atoms with van der Waals surface area (Å²) < 4.78 is 2.16. The predicted octanol–water partition coefficient (Wildman–Crippen LogP) is 5.96. The van der Waals surface area contributed by atoms with Crippen molar-refractivity contribution in [3.8, 4) is 10.6 Å². The van der Waals surface area contributed by atoms with Crippen molar-refractivity contribution in [1.29, 1.82) is 0 Å². The van der Waals surface area contributed by atoms with Gasteiger partial charge in [0.1, 0.15) is 5.01 Å². The van der Waals surface area contributed by atoms with Gasteiger partial charge in [0.05, 0.1) is 32.5 Å². The van der Waals surface area contributed by atoms with Gasteiger partial charge in [-0.2, -0.15) is 0 Å². The van der Waals surface area contributed by atoms with E-state index in [1.807, 2.05) is 41.3 Å². The van der Waals surface area contributed by atoms with Gasteiger partial charge in [-0.25, -0.2) is 9.97 Å². The highest BCUT2D eigenvalue weighted by Crippen LogP contribution is 2.43. The highest BCUT2D eigenvalue weighted by atomic mass is 32.1. The minimum atomic E-state index is 0.0890. The Morgan fingerprint density at radius 2 is 1.94 bits per heavy atom. The highest BCUT2D eigenvalue weighted by molar-refractivity contribution is 7.22. The average molecular weight is 490 g/mol. The largest absolute Gasteiger partial charge is 0.337 e. The van der Waals surface area contributed by atoms with Crippen LogP contribution in [-0.4, -0.2) is 33.1 Å². The van der Waals surface area contributed by atoms with Crippen LogP contribution in [0.5, 0.6) is 0 Å². The lowest BCUT2D eigenvalue weighted by Gasteiger charge is -2.26. The smallest absolute Gasteiger partial charge is 0.219 e. The van der Waals surface area contributed by atoms with Crippen molar-refractivity contribution in [3.63, 3.8) is 0 Å². The summed E-state index contributed by atoms with van der Waals surface area (Å²) in [5, 5.41) is 0.964. The van der Waals surface area contributed by atoms with Crippen LogP contribution in [0.15, 0.2) is 48.0 Å². The second-order valence-corrected chi connectivity index (χ2v) is 11.2. The fourth-order valence-corrected chi connectivity index (χ4v) is 7.57. The van der Waals surface area contributed by atoms with E-state index in [-0.39, 0.29) is 11.7 Å². The zero-order valence-electron chi connectivity index (χ0n) is 17.8. The van der Waals surface area contributed by atoms with Gasteiger partial charge in [-0.15, -0.1) is 34.0 Å². The molecule has 6 rings (SSSR count). The molecule has 2 aromatic carbocycles. The summed E-state index contributed by atoms with van der Waals surface area (Å²) in [4.78, 5) is 38.7. The third-order valence-corrected chi connectivity index (χ3v) is 9.12. The molecule has 3 aromatic heterocycles. The quantitative estimate of drug-likeness (QED) is 0.292. The van der Waals surface area contributed by atoms with Crippen LogP contribution in [0.2, 0.25) is 0 Å². The van der Waals surface area contributed by atoms with E-state index >= 15 is 0 Å². The van der Waals surface area contributed by atoms with Gasteiger partial charge < -0.3 is 4.90 Å². The summed E-state index contributed by atoms with van der Waals surface area (Å²) >= 11 is 4.88. The summed E-state index contributed by atoms with van der Waals surface area (Å²) in [6, 6.07) is 13.9. The van der Waals surface area contributed by atoms with E-state index in [1.54, 1.807) is 46.4 Å². The van der Waals surface area contributed by atoms with Crippen LogP contribution >= 0.6 is 34.0 Å². The number of fused-ring (bicyclic) bond motifs is 3. The van der Waals surface area contributed by atoms with Crippen LogP contribution in [0.25, 0.3) is 31.0 Å². The van der Waals surface area contributed by atoms with Crippen LogP contribution in [0, 0.1) is 0 Å². The number of carbonyl (C=O) groups is 2. The van der Waals surface area contributed by atoms with Gasteiger partial charge in [-0.3, -0.25) is 9.59 Å². The first-order valence-electron chi connectivity index (χ1n) is 10.7. The molecule has 0 bridgehead atoms. The Bertz CT molecular complexity index is 1510. The molecular formula is C25H19N3O2S3. The van der Waals surface area contributed by atoms with E-state index in [0.717, 1.165) is 42.3 Å². The third kappa shape index (κ3) is 3.68. The zero-order chi connectivity index (χ0) is 22.5. The zero-order valence-corrected chi connectivity index (χ0v) is 20.3. The van der Waals surface area contributed by atoms with Gasteiger partial charge >= 0.3 is 0 Å². The number of Topliss-reactive ketones (excluding diaryl/α,β-unsaturated/α-hetero) is 1. The van der Waals surface area contributed by atoms with Crippen molar-refractivity contribution in [2.45, 2.75) is 26.3 Å². The number of aromatic nitrogens is 2. The molecule has 0 unspecified atom stereocenters. The summed E-state index contributed by atoms with van der Waals surface area (Å²) in [5.41, 5.74) is 6.76. The number of benzene rings is 2. The maximum atomic E-state index is 13.3. The van der Waals surface area contributed by atoms with E-state index in [0.29, 0.717) is 25.1 Å². The van der Waals surface area contributed by atoms with Gasteiger partial charge in [0.25, 0.3) is 0 Å². The normalized spacial score (nSPS) is 13.5. The Morgan fingerprint density at radius 3 is 2.79 bits per heavy atom. The van der Waals surface area contributed by atoms with Crippen molar-refractivity contribution >= 4 is 66.1 Å². The van der Waals surface area contributed by atoms with Gasteiger partial charge in [0, 0.05) is 40.8 Å². The predicted molar refractivity (Wildman–Crippen MR) is 135 cm³/mol. The van der Waals surface area contributed by atoms with Crippen LogP contribution < -0.4 is 0 Å². The minimum Gasteiger partial charge on any atom is -0.337 e. The van der Waals surface area contributed by atoms with Crippen LogP contribution in [0.1, 0.15) is 32.6 Å². The van der Waals surface area contributed by atoms with Crippen molar-refractivity contribution < 1.29 is 9.59 Å². The summed E-state index contributed by atoms with van der Waals surface area (Å²) in [6.07, 6.45) is 1.12. The molecule has 0 radical (unpaired) electrons. The van der Waals surface area contributed by atoms with Crippen LogP contribution in [-0.2, 0) is 24.2 Å². The highest BCUT2D eigenvalue weighted by Gasteiger charge is 2.28. The molecule has 33 heavy (non-hydrogen) atoms. The molecule has 0 N–H and O–H groups in total. The average Bonchev–Trinajstić information content (AvgIpc) is 3.53. The Balaban J connectivity index is 1.43. The van der Waals surface area contributed by atoms with Gasteiger partial charge in [0.2, 0.25) is 5.91 Å². The van der Waals surface area contributed by atoms with Crippen LogP contribution in [0.4, 0.5) is 0 Å². The molecule has 0 atom stereocenters. The van der Waals surface area contributed by atoms with Gasteiger partial charge in [0.15, 0.2) is 5.78 Å². The fraction of sp³-hybridized carbons (Fsp3) is 0.200. The molecule has 0 fully saturated rings. The fourth-order valence-electron chi connectivity index (χ4n) is 4.36. The molecule has 8 heteroatoms. The minimum absolute atomic E-state index is 0.0890. The summed E-state index contributed by atoms with van der Waals surface area (Å²) in [7, 11) is 0. The molecule has 1 aliphatic rings. The van der Waals surface area contributed by atoms with E-state index in [2.05, 4.69) is 11.1 Å². The number of thiazole rings is 2. The number of hydrogen-bond acceptors (Lipinski definition) is 7. The molecule has 1 aliphatic heterocycles. The maximum absolute atomic E-state index is 13.3. The van der Waals surface area contributed by atoms with Crippen molar-refractivity contribution in [1.82, 2.24) is 14.9 Å². The number of ketones is 1. The Hall–Kier alpha value is -2.94. The molecule has 5 aromatic rings. The van der Waals surface area contributed by atoms with Crippen molar-refractivity contribution in [3.05, 3.63) is 68.9 Å². The first-order valence-corrected chi connectivity index (χ1v) is 13.2. The molecule has 0 saturated heterocycles. The lowest BCUT2D eigenvalue weighted by Crippen LogP contribution is -2.33.